The lowest BCUT2D eigenvalue weighted by Crippen LogP contribution is -2.36. The van der Waals surface area contributed by atoms with Crippen LogP contribution < -0.4 is 20.4 Å². The molecule has 36 heavy (non-hydrogen) atoms. The van der Waals surface area contributed by atoms with Crippen LogP contribution in [0.1, 0.15) is 42.1 Å². The van der Waals surface area contributed by atoms with Crippen molar-refractivity contribution in [2.24, 2.45) is 0 Å². The fourth-order valence-corrected chi connectivity index (χ4v) is 4.00. The van der Waals surface area contributed by atoms with Crippen LogP contribution in [0.15, 0.2) is 48.8 Å². The standard InChI is InChI=1S/C27H35N7O2/c1-4-5-6-13-33(3)27-29-12-10-24(32-27)31-23-19-22(8-7-20(23)2)30-26(35)21-9-11-28-25(18-21)34-14-16-36-17-15-34/h7-12,18-19H,4-6,13-17H2,1-3H3,(H,30,35)(H,29,31,32). The van der Waals surface area contributed by atoms with Crippen LogP contribution in [0.25, 0.3) is 0 Å². The van der Waals surface area contributed by atoms with Gasteiger partial charge in [0.25, 0.3) is 5.91 Å². The molecule has 1 aliphatic rings. The molecule has 0 aliphatic carbocycles. The van der Waals surface area contributed by atoms with Crippen molar-refractivity contribution in [2.45, 2.75) is 33.1 Å². The lowest BCUT2D eigenvalue weighted by molar-refractivity contribution is 0.102. The molecular weight excluding hydrogens is 454 g/mol. The monoisotopic (exact) mass is 489 g/mol. The van der Waals surface area contributed by atoms with E-state index in [2.05, 4.69) is 42.3 Å². The number of hydrogen-bond donors (Lipinski definition) is 2. The molecule has 1 aliphatic heterocycles. The number of rotatable bonds is 10. The molecule has 0 unspecified atom stereocenters. The predicted molar refractivity (Wildman–Crippen MR) is 145 cm³/mol. The highest BCUT2D eigenvalue weighted by atomic mass is 16.5. The van der Waals surface area contributed by atoms with E-state index in [1.54, 1.807) is 18.5 Å². The lowest BCUT2D eigenvalue weighted by Gasteiger charge is -2.27. The Kier molecular flexibility index (Phi) is 8.67. The number of morpholine rings is 1. The number of anilines is 5. The summed E-state index contributed by atoms with van der Waals surface area (Å²) in [5.74, 6) is 2.00. The Morgan fingerprint density at radius 1 is 1.08 bits per heavy atom. The molecule has 1 aromatic carbocycles. The van der Waals surface area contributed by atoms with E-state index in [-0.39, 0.29) is 5.91 Å². The van der Waals surface area contributed by atoms with E-state index < -0.39 is 0 Å². The molecule has 2 aromatic heterocycles. The molecule has 4 rings (SSSR count). The van der Waals surface area contributed by atoms with Crippen molar-refractivity contribution < 1.29 is 9.53 Å². The number of ether oxygens (including phenoxy) is 1. The summed E-state index contributed by atoms with van der Waals surface area (Å²) in [6.45, 7) is 8.00. The third-order valence-corrected chi connectivity index (χ3v) is 6.18. The average Bonchev–Trinajstić information content (AvgIpc) is 2.91. The first kappa shape index (κ1) is 25.4. The van der Waals surface area contributed by atoms with Crippen molar-refractivity contribution in [2.75, 3.05) is 60.3 Å². The maximum absolute atomic E-state index is 13.0. The van der Waals surface area contributed by atoms with Crippen molar-refractivity contribution in [1.29, 1.82) is 0 Å². The van der Waals surface area contributed by atoms with Gasteiger partial charge in [0.05, 0.1) is 13.2 Å². The minimum atomic E-state index is -0.181. The number of aromatic nitrogens is 3. The number of hydrogen-bond acceptors (Lipinski definition) is 8. The largest absolute Gasteiger partial charge is 0.378 e. The lowest BCUT2D eigenvalue weighted by atomic mass is 10.1. The molecule has 0 spiro atoms. The number of nitrogens with zero attached hydrogens (tertiary/aromatic N) is 5. The van der Waals surface area contributed by atoms with Crippen molar-refractivity contribution in [3.05, 3.63) is 59.9 Å². The molecular formula is C27H35N7O2. The second-order valence-corrected chi connectivity index (χ2v) is 8.98. The van der Waals surface area contributed by atoms with Crippen LogP contribution in [-0.2, 0) is 4.74 Å². The van der Waals surface area contributed by atoms with Crippen molar-refractivity contribution in [3.63, 3.8) is 0 Å². The second-order valence-electron chi connectivity index (χ2n) is 8.98. The molecule has 0 atom stereocenters. The van der Waals surface area contributed by atoms with Crippen molar-refractivity contribution >= 4 is 34.9 Å². The topological polar surface area (TPSA) is 95.5 Å². The van der Waals surface area contributed by atoms with Gasteiger partial charge < -0.3 is 25.2 Å². The maximum atomic E-state index is 13.0. The van der Waals surface area contributed by atoms with Crippen LogP contribution in [0, 0.1) is 6.92 Å². The van der Waals surface area contributed by atoms with Gasteiger partial charge in [0.1, 0.15) is 11.6 Å². The molecule has 1 amide bonds. The van der Waals surface area contributed by atoms with Crippen LogP contribution in [0.3, 0.4) is 0 Å². The Bertz CT molecular complexity index is 1160. The molecule has 9 nitrogen and oxygen atoms in total. The van der Waals surface area contributed by atoms with Gasteiger partial charge >= 0.3 is 0 Å². The Balaban J connectivity index is 1.44. The molecule has 190 valence electrons. The smallest absolute Gasteiger partial charge is 0.255 e. The minimum absolute atomic E-state index is 0.181. The van der Waals surface area contributed by atoms with Crippen LogP contribution in [0.5, 0.6) is 0 Å². The van der Waals surface area contributed by atoms with Gasteiger partial charge in [-0.15, -0.1) is 0 Å². The number of unbranched alkanes of at least 4 members (excludes halogenated alkanes) is 2. The average molecular weight is 490 g/mol. The summed E-state index contributed by atoms with van der Waals surface area (Å²) in [5.41, 5.74) is 3.18. The fraction of sp³-hybridized carbons (Fsp3) is 0.407. The summed E-state index contributed by atoms with van der Waals surface area (Å²) >= 11 is 0. The van der Waals surface area contributed by atoms with Gasteiger partial charge in [0.2, 0.25) is 5.95 Å². The second kappa shape index (κ2) is 12.3. The number of nitrogens with one attached hydrogen (secondary N) is 2. The molecule has 1 saturated heterocycles. The predicted octanol–water partition coefficient (Wildman–Crippen LogP) is 4.64. The minimum Gasteiger partial charge on any atom is -0.378 e. The molecule has 2 N–H and O–H groups in total. The Labute approximate surface area is 212 Å². The Morgan fingerprint density at radius 3 is 2.69 bits per heavy atom. The van der Waals surface area contributed by atoms with Crippen LogP contribution in [0.2, 0.25) is 0 Å². The first-order valence-electron chi connectivity index (χ1n) is 12.6. The molecule has 0 radical (unpaired) electrons. The summed E-state index contributed by atoms with van der Waals surface area (Å²) in [5, 5.41) is 6.39. The van der Waals surface area contributed by atoms with Gasteiger partial charge in [-0.2, -0.15) is 4.98 Å². The van der Waals surface area contributed by atoms with Crippen LogP contribution in [0.4, 0.5) is 29.0 Å². The van der Waals surface area contributed by atoms with E-state index in [1.165, 1.54) is 12.8 Å². The fourth-order valence-electron chi connectivity index (χ4n) is 4.00. The summed E-state index contributed by atoms with van der Waals surface area (Å²) in [4.78, 5) is 30.7. The number of amides is 1. The number of aryl methyl sites for hydroxylation is 1. The van der Waals surface area contributed by atoms with Gasteiger partial charge in [0, 0.05) is 56.0 Å². The van der Waals surface area contributed by atoms with Crippen molar-refractivity contribution in [3.8, 4) is 0 Å². The van der Waals surface area contributed by atoms with Crippen LogP contribution >= 0.6 is 0 Å². The quantitative estimate of drug-likeness (QED) is 0.398. The summed E-state index contributed by atoms with van der Waals surface area (Å²) in [7, 11) is 2.01. The van der Waals surface area contributed by atoms with Crippen molar-refractivity contribution in [1.82, 2.24) is 15.0 Å². The van der Waals surface area contributed by atoms with E-state index in [1.807, 2.05) is 44.3 Å². The number of carbonyl (C=O) groups is 1. The van der Waals surface area contributed by atoms with E-state index in [9.17, 15) is 4.79 Å². The molecule has 0 saturated carbocycles. The van der Waals surface area contributed by atoms with E-state index in [4.69, 9.17) is 4.74 Å². The Hall–Kier alpha value is -3.72. The third kappa shape index (κ3) is 6.69. The molecule has 3 heterocycles. The first-order chi connectivity index (χ1) is 17.5. The zero-order chi connectivity index (χ0) is 25.3. The van der Waals surface area contributed by atoms with E-state index >= 15 is 0 Å². The number of pyridine rings is 1. The highest BCUT2D eigenvalue weighted by Crippen LogP contribution is 2.25. The number of benzene rings is 1. The zero-order valence-corrected chi connectivity index (χ0v) is 21.3. The summed E-state index contributed by atoms with van der Waals surface area (Å²) in [6.07, 6.45) is 6.91. The van der Waals surface area contributed by atoms with Gasteiger partial charge in [-0.1, -0.05) is 25.8 Å². The van der Waals surface area contributed by atoms with Gasteiger partial charge in [-0.05, 0) is 49.2 Å². The molecule has 1 fully saturated rings. The van der Waals surface area contributed by atoms with E-state index in [0.29, 0.717) is 36.2 Å². The highest BCUT2D eigenvalue weighted by Gasteiger charge is 2.15. The highest BCUT2D eigenvalue weighted by molar-refractivity contribution is 6.05. The SMILES string of the molecule is CCCCCN(C)c1nccc(Nc2cc(NC(=O)c3ccnc(N4CCOCC4)c3)ccc2C)n1. The summed E-state index contributed by atoms with van der Waals surface area (Å²) < 4.78 is 5.41. The third-order valence-electron chi connectivity index (χ3n) is 6.18. The molecule has 9 heteroatoms. The van der Waals surface area contributed by atoms with Crippen LogP contribution in [-0.4, -0.2) is 60.8 Å². The van der Waals surface area contributed by atoms with Gasteiger partial charge in [0.15, 0.2) is 0 Å². The van der Waals surface area contributed by atoms with Gasteiger partial charge in [-0.3, -0.25) is 4.79 Å². The Morgan fingerprint density at radius 2 is 1.89 bits per heavy atom. The van der Waals surface area contributed by atoms with Gasteiger partial charge in [-0.25, -0.2) is 9.97 Å². The molecule has 0 bridgehead atoms. The molecule has 3 aromatic rings. The number of carbonyl (C=O) groups excluding carboxylic acids is 1. The maximum Gasteiger partial charge on any atom is 0.255 e. The summed E-state index contributed by atoms with van der Waals surface area (Å²) in [6, 6.07) is 11.2. The van der Waals surface area contributed by atoms with E-state index in [0.717, 1.165) is 43.1 Å². The zero-order valence-electron chi connectivity index (χ0n) is 21.3. The normalized spacial score (nSPS) is 13.4. The first-order valence-corrected chi connectivity index (χ1v) is 12.6.